The summed E-state index contributed by atoms with van der Waals surface area (Å²) in [5.74, 6) is 0.855. The zero-order valence-corrected chi connectivity index (χ0v) is 12.7. The molecule has 1 N–H and O–H groups in total. The van der Waals surface area contributed by atoms with Crippen LogP contribution in [0.1, 0.15) is 20.3 Å². The minimum absolute atomic E-state index is 0.00675. The molecule has 0 bridgehead atoms. The molecule has 0 saturated heterocycles. The van der Waals surface area contributed by atoms with Crippen LogP contribution in [0.3, 0.4) is 0 Å². The van der Waals surface area contributed by atoms with Crippen LogP contribution >= 0.6 is 11.8 Å². The lowest BCUT2D eigenvalue weighted by atomic mass is 10.1. The number of amides is 2. The number of nitrogens with zero attached hydrogens (tertiary/aromatic N) is 1. The predicted octanol–water partition coefficient (Wildman–Crippen LogP) is 2.29. The molecule has 5 heteroatoms. The van der Waals surface area contributed by atoms with E-state index in [-0.39, 0.29) is 18.4 Å². The van der Waals surface area contributed by atoms with E-state index in [9.17, 15) is 9.59 Å². The molecule has 1 aromatic rings. The van der Waals surface area contributed by atoms with E-state index in [0.717, 1.165) is 17.0 Å². The summed E-state index contributed by atoms with van der Waals surface area (Å²) >= 11 is 1.53. The van der Waals surface area contributed by atoms with Crippen molar-refractivity contribution >= 4 is 29.3 Å². The first-order chi connectivity index (χ1) is 9.58. The smallest absolute Gasteiger partial charge is 0.240 e. The third kappa shape index (κ3) is 3.76. The summed E-state index contributed by atoms with van der Waals surface area (Å²) in [4.78, 5) is 26.6. The Bertz CT molecular complexity index is 502. The molecule has 0 saturated carbocycles. The second-order valence-electron chi connectivity index (χ2n) is 5.27. The van der Waals surface area contributed by atoms with Crippen molar-refractivity contribution in [2.24, 2.45) is 5.92 Å². The molecule has 1 aromatic carbocycles. The highest BCUT2D eigenvalue weighted by Crippen LogP contribution is 2.34. The maximum absolute atomic E-state index is 12.0. The molecule has 0 aliphatic carbocycles. The summed E-state index contributed by atoms with van der Waals surface area (Å²) in [5, 5.41) is 2.87. The van der Waals surface area contributed by atoms with Gasteiger partial charge in [0.15, 0.2) is 0 Å². The molecular formula is C15H20N2O2S. The van der Waals surface area contributed by atoms with Crippen LogP contribution in [0.15, 0.2) is 29.2 Å². The van der Waals surface area contributed by atoms with E-state index in [2.05, 4.69) is 19.2 Å². The van der Waals surface area contributed by atoms with Gasteiger partial charge < -0.3 is 10.2 Å². The van der Waals surface area contributed by atoms with Crippen LogP contribution in [-0.4, -0.2) is 30.7 Å². The average molecular weight is 292 g/mol. The van der Waals surface area contributed by atoms with Crippen LogP contribution in [0.4, 0.5) is 5.69 Å². The average Bonchev–Trinajstić information content (AvgIpc) is 2.41. The summed E-state index contributed by atoms with van der Waals surface area (Å²) in [5.41, 5.74) is 0.841. The summed E-state index contributed by atoms with van der Waals surface area (Å²) < 4.78 is 0. The molecule has 108 valence electrons. The Hall–Kier alpha value is -1.49. The van der Waals surface area contributed by atoms with Gasteiger partial charge in [0, 0.05) is 11.4 Å². The SMILES string of the molecule is CC(C)CCNC(=O)CN1C(=O)CSc2ccccc21. The highest BCUT2D eigenvalue weighted by Gasteiger charge is 2.25. The van der Waals surface area contributed by atoms with E-state index < -0.39 is 0 Å². The van der Waals surface area contributed by atoms with Crippen molar-refractivity contribution in [3.63, 3.8) is 0 Å². The van der Waals surface area contributed by atoms with Crippen molar-refractivity contribution in [3.8, 4) is 0 Å². The number of para-hydroxylation sites is 1. The van der Waals surface area contributed by atoms with Gasteiger partial charge in [0.1, 0.15) is 6.54 Å². The van der Waals surface area contributed by atoms with Gasteiger partial charge in [-0.2, -0.15) is 0 Å². The van der Waals surface area contributed by atoms with Gasteiger partial charge >= 0.3 is 0 Å². The number of nitrogens with one attached hydrogen (secondary N) is 1. The topological polar surface area (TPSA) is 49.4 Å². The Kier molecular flexibility index (Phi) is 5.06. The van der Waals surface area contributed by atoms with Gasteiger partial charge in [-0.15, -0.1) is 11.8 Å². The van der Waals surface area contributed by atoms with Gasteiger partial charge in [-0.05, 0) is 24.5 Å². The molecule has 1 heterocycles. The van der Waals surface area contributed by atoms with Gasteiger partial charge in [0.2, 0.25) is 11.8 Å². The van der Waals surface area contributed by atoms with Crippen LogP contribution in [-0.2, 0) is 9.59 Å². The monoisotopic (exact) mass is 292 g/mol. The standard InChI is InChI=1S/C15H20N2O2S/c1-11(2)7-8-16-14(18)9-17-12-5-3-4-6-13(12)20-10-15(17)19/h3-6,11H,7-10H2,1-2H3,(H,16,18). The zero-order chi connectivity index (χ0) is 14.5. The number of hydrogen-bond donors (Lipinski definition) is 1. The van der Waals surface area contributed by atoms with Gasteiger partial charge in [0.25, 0.3) is 0 Å². The number of carbonyl (C=O) groups is 2. The Morgan fingerprint density at radius 3 is 2.90 bits per heavy atom. The minimum atomic E-state index is -0.0966. The Morgan fingerprint density at radius 2 is 2.15 bits per heavy atom. The van der Waals surface area contributed by atoms with Crippen molar-refractivity contribution < 1.29 is 9.59 Å². The lowest BCUT2D eigenvalue weighted by Crippen LogP contribution is -2.43. The predicted molar refractivity (Wildman–Crippen MR) is 82.0 cm³/mol. The van der Waals surface area contributed by atoms with Crippen LogP contribution in [0.5, 0.6) is 0 Å². The lowest BCUT2D eigenvalue weighted by Gasteiger charge is -2.28. The molecule has 1 aliphatic rings. The van der Waals surface area contributed by atoms with Gasteiger partial charge in [-0.1, -0.05) is 26.0 Å². The number of rotatable bonds is 5. The Morgan fingerprint density at radius 1 is 1.40 bits per heavy atom. The largest absolute Gasteiger partial charge is 0.355 e. The number of anilines is 1. The van der Waals surface area contributed by atoms with Crippen molar-refractivity contribution in [2.75, 3.05) is 23.7 Å². The van der Waals surface area contributed by atoms with Crippen molar-refractivity contribution in [2.45, 2.75) is 25.2 Å². The number of benzene rings is 1. The summed E-state index contributed by atoms with van der Waals surface area (Å²) in [6.07, 6.45) is 0.951. The summed E-state index contributed by atoms with van der Waals surface area (Å²) in [6.45, 7) is 5.00. The van der Waals surface area contributed by atoms with E-state index in [0.29, 0.717) is 18.2 Å². The summed E-state index contributed by atoms with van der Waals surface area (Å²) in [7, 11) is 0. The fraction of sp³-hybridized carbons (Fsp3) is 0.467. The Labute approximate surface area is 123 Å². The number of hydrogen-bond acceptors (Lipinski definition) is 3. The third-order valence-corrected chi connectivity index (χ3v) is 4.20. The first-order valence-electron chi connectivity index (χ1n) is 6.87. The first kappa shape index (κ1) is 14.9. The van der Waals surface area contributed by atoms with E-state index in [1.807, 2.05) is 24.3 Å². The molecule has 0 atom stereocenters. The fourth-order valence-corrected chi connectivity index (χ4v) is 2.96. The highest BCUT2D eigenvalue weighted by molar-refractivity contribution is 8.00. The van der Waals surface area contributed by atoms with Crippen molar-refractivity contribution in [1.29, 1.82) is 0 Å². The van der Waals surface area contributed by atoms with Crippen LogP contribution < -0.4 is 10.2 Å². The molecule has 20 heavy (non-hydrogen) atoms. The molecular weight excluding hydrogens is 272 g/mol. The molecule has 0 aromatic heterocycles. The molecule has 4 nitrogen and oxygen atoms in total. The van der Waals surface area contributed by atoms with Gasteiger partial charge in [-0.3, -0.25) is 9.59 Å². The minimum Gasteiger partial charge on any atom is -0.355 e. The quantitative estimate of drug-likeness (QED) is 0.906. The van der Waals surface area contributed by atoms with Gasteiger partial charge in [-0.25, -0.2) is 0 Å². The third-order valence-electron chi connectivity index (χ3n) is 3.15. The summed E-state index contributed by atoms with van der Waals surface area (Å²) in [6, 6.07) is 7.71. The number of fused-ring (bicyclic) bond motifs is 1. The molecule has 1 aliphatic heterocycles. The maximum Gasteiger partial charge on any atom is 0.240 e. The van der Waals surface area contributed by atoms with E-state index in [4.69, 9.17) is 0 Å². The second kappa shape index (κ2) is 6.79. The normalized spacial score (nSPS) is 14.3. The Balaban J connectivity index is 1.98. The van der Waals surface area contributed by atoms with Crippen LogP contribution in [0.2, 0.25) is 0 Å². The van der Waals surface area contributed by atoms with Crippen molar-refractivity contribution in [3.05, 3.63) is 24.3 Å². The molecule has 0 fully saturated rings. The molecule has 2 amide bonds. The van der Waals surface area contributed by atoms with Crippen molar-refractivity contribution in [1.82, 2.24) is 5.32 Å². The lowest BCUT2D eigenvalue weighted by molar-refractivity contribution is -0.123. The number of thioether (sulfide) groups is 1. The maximum atomic E-state index is 12.0. The van der Waals surface area contributed by atoms with E-state index >= 15 is 0 Å². The van der Waals surface area contributed by atoms with E-state index in [1.165, 1.54) is 11.8 Å². The second-order valence-corrected chi connectivity index (χ2v) is 6.29. The molecule has 0 unspecified atom stereocenters. The van der Waals surface area contributed by atoms with Crippen LogP contribution in [0.25, 0.3) is 0 Å². The number of carbonyl (C=O) groups excluding carboxylic acids is 2. The molecule has 0 spiro atoms. The highest BCUT2D eigenvalue weighted by atomic mass is 32.2. The first-order valence-corrected chi connectivity index (χ1v) is 7.85. The van der Waals surface area contributed by atoms with Gasteiger partial charge in [0.05, 0.1) is 11.4 Å². The fourth-order valence-electron chi connectivity index (χ4n) is 2.03. The van der Waals surface area contributed by atoms with E-state index in [1.54, 1.807) is 4.90 Å². The molecule has 2 rings (SSSR count). The zero-order valence-electron chi connectivity index (χ0n) is 11.9. The molecule has 0 radical (unpaired) electrons. The van der Waals surface area contributed by atoms with Crippen LogP contribution in [0, 0.1) is 5.92 Å².